The summed E-state index contributed by atoms with van der Waals surface area (Å²) in [5.41, 5.74) is 0.615. The Labute approximate surface area is 116 Å². The predicted octanol–water partition coefficient (Wildman–Crippen LogP) is 0.768. The third-order valence-electron chi connectivity index (χ3n) is 3.06. The summed E-state index contributed by atoms with van der Waals surface area (Å²) in [5, 5.41) is 15.7. The van der Waals surface area contributed by atoms with Crippen molar-refractivity contribution in [2.24, 2.45) is 0 Å². The van der Waals surface area contributed by atoms with Gasteiger partial charge in [-0.15, -0.1) is 0 Å². The van der Waals surface area contributed by atoms with Gasteiger partial charge in [0.25, 0.3) is 0 Å². The lowest BCUT2D eigenvalue weighted by atomic mass is 10.0. The van der Waals surface area contributed by atoms with Gasteiger partial charge in [0.05, 0.1) is 12.1 Å². The molecule has 102 valence electrons. The summed E-state index contributed by atoms with van der Waals surface area (Å²) < 4.78 is 0. The smallest absolute Gasteiger partial charge is 0.243 e. The maximum Gasteiger partial charge on any atom is 0.243 e. The first-order chi connectivity index (χ1) is 9.08. The fourth-order valence-electron chi connectivity index (χ4n) is 2.00. The fourth-order valence-corrected chi connectivity index (χ4v) is 2.26. The quantitative estimate of drug-likeness (QED) is 0.713. The lowest BCUT2D eigenvalue weighted by Gasteiger charge is -2.23. The Bertz CT molecular complexity index is 493. The molecular weight excluding hydrogens is 268 g/mol. The largest absolute Gasteiger partial charge is 0.387 e. The van der Waals surface area contributed by atoms with E-state index in [1.54, 1.807) is 24.3 Å². The Balaban J connectivity index is 1.90. The molecule has 0 radical (unpaired) electrons. The van der Waals surface area contributed by atoms with Crippen LogP contribution in [0.15, 0.2) is 24.3 Å². The molecule has 1 heterocycles. The maximum atomic E-state index is 11.5. The zero-order valence-corrected chi connectivity index (χ0v) is 11.0. The molecule has 0 aliphatic carbocycles. The summed E-state index contributed by atoms with van der Waals surface area (Å²) >= 11 is 5.98. The molecule has 2 amide bonds. The molecule has 1 aromatic carbocycles. The van der Waals surface area contributed by atoms with Gasteiger partial charge in [0.2, 0.25) is 11.8 Å². The van der Waals surface area contributed by atoms with E-state index in [1.165, 1.54) is 0 Å². The van der Waals surface area contributed by atoms with E-state index in [0.717, 1.165) is 0 Å². The highest BCUT2D eigenvalue weighted by atomic mass is 35.5. The number of nitrogens with one attached hydrogen (secondary N) is 2. The zero-order chi connectivity index (χ0) is 13.8. The topological polar surface area (TPSA) is 78.4 Å². The Hall–Kier alpha value is -1.43. The Morgan fingerprint density at radius 1 is 1.42 bits per heavy atom. The number of amides is 2. The molecule has 2 atom stereocenters. The van der Waals surface area contributed by atoms with E-state index in [9.17, 15) is 14.7 Å². The van der Waals surface area contributed by atoms with Gasteiger partial charge in [-0.2, -0.15) is 0 Å². The molecule has 2 unspecified atom stereocenters. The number of carbonyl (C=O) groups excluding carboxylic acids is 2. The number of imide groups is 1. The van der Waals surface area contributed by atoms with Crippen LogP contribution >= 0.6 is 11.6 Å². The summed E-state index contributed by atoms with van der Waals surface area (Å²) in [6, 6.07) is 6.56. The minimum absolute atomic E-state index is 0.204. The Kier molecular flexibility index (Phi) is 4.52. The molecule has 0 bridgehead atoms. The van der Waals surface area contributed by atoms with Crippen LogP contribution in [0.2, 0.25) is 5.02 Å². The van der Waals surface area contributed by atoms with E-state index in [0.29, 0.717) is 23.4 Å². The van der Waals surface area contributed by atoms with Crippen LogP contribution in [0.25, 0.3) is 0 Å². The van der Waals surface area contributed by atoms with Gasteiger partial charge in [0, 0.05) is 23.6 Å². The predicted molar refractivity (Wildman–Crippen MR) is 70.6 cm³/mol. The third kappa shape index (κ3) is 3.53. The van der Waals surface area contributed by atoms with Crippen molar-refractivity contribution in [1.29, 1.82) is 0 Å². The molecular formula is C13H15ClN2O3. The van der Waals surface area contributed by atoms with Gasteiger partial charge in [0.15, 0.2) is 0 Å². The average molecular weight is 283 g/mol. The number of hydrogen-bond acceptors (Lipinski definition) is 4. The van der Waals surface area contributed by atoms with Crippen molar-refractivity contribution in [3.8, 4) is 0 Å². The number of piperidine rings is 1. The van der Waals surface area contributed by atoms with Crippen molar-refractivity contribution in [2.75, 3.05) is 6.54 Å². The number of rotatable bonds is 4. The van der Waals surface area contributed by atoms with Crippen molar-refractivity contribution in [2.45, 2.75) is 25.0 Å². The van der Waals surface area contributed by atoms with E-state index in [4.69, 9.17) is 11.6 Å². The highest BCUT2D eigenvalue weighted by Gasteiger charge is 2.26. The number of hydrogen-bond donors (Lipinski definition) is 3. The van der Waals surface area contributed by atoms with Gasteiger partial charge < -0.3 is 10.4 Å². The second-order valence-corrected chi connectivity index (χ2v) is 4.86. The zero-order valence-electron chi connectivity index (χ0n) is 10.2. The van der Waals surface area contributed by atoms with Gasteiger partial charge in [-0.3, -0.25) is 14.9 Å². The highest BCUT2D eigenvalue weighted by Crippen LogP contribution is 2.22. The standard InChI is InChI=1S/C13H15ClN2O3/c14-9-4-2-1-3-8(9)11(17)7-15-10-5-6-12(18)16-13(10)19/h1-4,10-11,15,17H,5-7H2,(H,16,18,19). The third-order valence-corrected chi connectivity index (χ3v) is 3.41. The molecule has 1 fully saturated rings. The molecule has 1 aliphatic rings. The van der Waals surface area contributed by atoms with Crippen LogP contribution in [0, 0.1) is 0 Å². The summed E-state index contributed by atoms with van der Waals surface area (Å²) in [6.07, 6.45) is -0.0370. The summed E-state index contributed by atoms with van der Waals surface area (Å²) in [4.78, 5) is 22.5. The normalized spacial score (nSPS) is 21.1. The van der Waals surface area contributed by atoms with Crippen LogP contribution in [0.1, 0.15) is 24.5 Å². The van der Waals surface area contributed by atoms with Gasteiger partial charge in [-0.1, -0.05) is 29.8 Å². The lowest BCUT2D eigenvalue weighted by molar-refractivity contribution is -0.134. The van der Waals surface area contributed by atoms with Gasteiger partial charge in [-0.05, 0) is 12.5 Å². The second-order valence-electron chi connectivity index (χ2n) is 4.45. The summed E-state index contributed by atoms with van der Waals surface area (Å²) in [5.74, 6) is -0.600. The van der Waals surface area contributed by atoms with Crippen LogP contribution in [0.3, 0.4) is 0 Å². The van der Waals surface area contributed by atoms with E-state index in [1.807, 2.05) is 0 Å². The van der Waals surface area contributed by atoms with Crippen molar-refractivity contribution in [3.63, 3.8) is 0 Å². The fraction of sp³-hybridized carbons (Fsp3) is 0.385. The van der Waals surface area contributed by atoms with Crippen LogP contribution in [-0.2, 0) is 9.59 Å². The SMILES string of the molecule is O=C1CCC(NCC(O)c2ccccc2Cl)C(=O)N1. The molecule has 19 heavy (non-hydrogen) atoms. The molecule has 0 saturated carbocycles. The maximum absolute atomic E-state index is 11.5. The molecule has 0 spiro atoms. The second kappa shape index (κ2) is 6.14. The van der Waals surface area contributed by atoms with E-state index < -0.39 is 12.1 Å². The molecule has 6 heteroatoms. The van der Waals surface area contributed by atoms with E-state index in [-0.39, 0.29) is 18.4 Å². The van der Waals surface area contributed by atoms with Crippen LogP contribution < -0.4 is 10.6 Å². The van der Waals surface area contributed by atoms with Crippen LogP contribution in [0.4, 0.5) is 0 Å². The lowest BCUT2D eigenvalue weighted by Crippen LogP contribution is -2.51. The molecule has 5 nitrogen and oxygen atoms in total. The number of aliphatic hydroxyl groups is 1. The summed E-state index contributed by atoms with van der Waals surface area (Å²) in [7, 11) is 0. The highest BCUT2D eigenvalue weighted by molar-refractivity contribution is 6.31. The minimum atomic E-state index is -0.792. The number of benzene rings is 1. The Morgan fingerprint density at radius 3 is 2.84 bits per heavy atom. The van der Waals surface area contributed by atoms with Crippen molar-refractivity contribution >= 4 is 23.4 Å². The minimum Gasteiger partial charge on any atom is -0.387 e. The van der Waals surface area contributed by atoms with Crippen molar-refractivity contribution < 1.29 is 14.7 Å². The molecule has 1 saturated heterocycles. The van der Waals surface area contributed by atoms with Gasteiger partial charge in [0.1, 0.15) is 0 Å². The van der Waals surface area contributed by atoms with Crippen molar-refractivity contribution in [1.82, 2.24) is 10.6 Å². The molecule has 1 aromatic rings. The average Bonchev–Trinajstić information content (AvgIpc) is 2.38. The first-order valence-corrected chi connectivity index (χ1v) is 6.45. The van der Waals surface area contributed by atoms with E-state index in [2.05, 4.69) is 10.6 Å². The number of carbonyl (C=O) groups is 2. The molecule has 3 N–H and O–H groups in total. The number of halogens is 1. The molecule has 2 rings (SSSR count). The number of aliphatic hydroxyl groups excluding tert-OH is 1. The van der Waals surface area contributed by atoms with Crippen molar-refractivity contribution in [3.05, 3.63) is 34.9 Å². The first kappa shape index (κ1) is 14.0. The van der Waals surface area contributed by atoms with Crippen LogP contribution in [0.5, 0.6) is 0 Å². The Morgan fingerprint density at radius 2 is 2.16 bits per heavy atom. The van der Waals surface area contributed by atoms with Crippen LogP contribution in [-0.4, -0.2) is 29.5 Å². The molecule has 1 aliphatic heterocycles. The molecule has 0 aromatic heterocycles. The van der Waals surface area contributed by atoms with E-state index >= 15 is 0 Å². The monoisotopic (exact) mass is 282 g/mol. The first-order valence-electron chi connectivity index (χ1n) is 6.07. The summed E-state index contributed by atoms with van der Waals surface area (Å²) in [6.45, 7) is 0.204. The van der Waals surface area contributed by atoms with Gasteiger partial charge in [-0.25, -0.2) is 0 Å². The van der Waals surface area contributed by atoms with Gasteiger partial charge >= 0.3 is 0 Å².